The van der Waals surface area contributed by atoms with Crippen molar-refractivity contribution in [2.24, 2.45) is 11.3 Å². The van der Waals surface area contributed by atoms with Crippen LogP contribution in [0, 0.1) is 5.41 Å². The fourth-order valence-corrected chi connectivity index (χ4v) is 2.40. The molecule has 1 aromatic rings. The molecule has 18 heavy (non-hydrogen) atoms. The molecular weight excluding hydrogens is 224 g/mol. The molecule has 3 heteroatoms. The third-order valence-corrected chi connectivity index (χ3v) is 3.54. The van der Waals surface area contributed by atoms with Gasteiger partial charge in [-0.05, 0) is 29.9 Å². The Morgan fingerprint density at radius 3 is 2.72 bits per heavy atom. The highest BCUT2D eigenvalue weighted by Gasteiger charge is 2.30. The molecule has 0 spiro atoms. The molecule has 1 aliphatic heterocycles. The largest absolute Gasteiger partial charge is 0.488 e. The van der Waals surface area contributed by atoms with Crippen LogP contribution in [-0.2, 0) is 6.42 Å². The molecule has 3 nitrogen and oxygen atoms in total. The minimum atomic E-state index is 0.162. The fraction of sp³-hybridized carbons (Fsp3) is 0.600. The number of nitrogens with two attached hydrogens (primary N) is 1. The van der Waals surface area contributed by atoms with E-state index in [1.807, 2.05) is 12.1 Å². The molecule has 1 aromatic carbocycles. The average Bonchev–Trinajstić information content (AvgIpc) is 2.71. The van der Waals surface area contributed by atoms with E-state index < -0.39 is 0 Å². The third kappa shape index (κ3) is 3.24. The van der Waals surface area contributed by atoms with Crippen molar-refractivity contribution in [3.8, 4) is 5.75 Å². The zero-order valence-electron chi connectivity index (χ0n) is 11.6. The Hall–Kier alpha value is -1.06. The van der Waals surface area contributed by atoms with Crippen LogP contribution >= 0.6 is 0 Å². The monoisotopic (exact) mass is 248 g/mol. The first-order valence-electron chi connectivity index (χ1n) is 6.70. The maximum absolute atomic E-state index is 5.98. The Morgan fingerprint density at radius 2 is 2.11 bits per heavy atom. The third-order valence-electron chi connectivity index (χ3n) is 3.54. The van der Waals surface area contributed by atoms with Gasteiger partial charge in [-0.3, -0.25) is 11.3 Å². The average molecular weight is 248 g/mol. The first-order valence-corrected chi connectivity index (χ1v) is 6.70. The first-order chi connectivity index (χ1) is 8.49. The summed E-state index contributed by atoms with van der Waals surface area (Å²) in [5.41, 5.74) is 4.55. The molecule has 2 unspecified atom stereocenters. The molecule has 2 atom stereocenters. The van der Waals surface area contributed by atoms with Gasteiger partial charge in [-0.1, -0.05) is 39.0 Å². The number of benzene rings is 1. The van der Waals surface area contributed by atoms with Crippen LogP contribution < -0.4 is 16.0 Å². The van der Waals surface area contributed by atoms with Gasteiger partial charge in [-0.25, -0.2) is 0 Å². The molecule has 100 valence electrons. The first kappa shape index (κ1) is 13.4. The molecule has 0 amide bonds. The number of nitrogens with one attached hydrogen (secondary N) is 1. The van der Waals surface area contributed by atoms with Crippen molar-refractivity contribution < 1.29 is 4.74 Å². The number of para-hydroxylation sites is 1. The Balaban J connectivity index is 1.96. The zero-order chi connectivity index (χ0) is 13.2. The minimum Gasteiger partial charge on any atom is -0.488 e. The highest BCUT2D eigenvalue weighted by atomic mass is 16.5. The van der Waals surface area contributed by atoms with Crippen molar-refractivity contribution >= 4 is 0 Å². The van der Waals surface area contributed by atoms with Gasteiger partial charge < -0.3 is 4.74 Å². The van der Waals surface area contributed by atoms with E-state index in [2.05, 4.69) is 38.3 Å². The summed E-state index contributed by atoms with van der Waals surface area (Å²) in [7, 11) is 0. The lowest BCUT2D eigenvalue weighted by Crippen LogP contribution is -2.46. The van der Waals surface area contributed by atoms with E-state index in [9.17, 15) is 0 Å². The van der Waals surface area contributed by atoms with Crippen LogP contribution in [0.5, 0.6) is 5.75 Å². The van der Waals surface area contributed by atoms with Crippen molar-refractivity contribution in [3.63, 3.8) is 0 Å². The Kier molecular flexibility index (Phi) is 3.93. The van der Waals surface area contributed by atoms with E-state index in [-0.39, 0.29) is 12.1 Å². The molecule has 0 aromatic heterocycles. The quantitative estimate of drug-likeness (QED) is 0.636. The molecule has 1 aliphatic rings. The normalized spacial score (nSPS) is 20.3. The summed E-state index contributed by atoms with van der Waals surface area (Å²) in [6.45, 7) is 6.76. The van der Waals surface area contributed by atoms with Crippen LogP contribution in [0.1, 0.15) is 39.2 Å². The molecule has 0 fully saturated rings. The van der Waals surface area contributed by atoms with Gasteiger partial charge in [-0.2, -0.15) is 0 Å². The second kappa shape index (κ2) is 5.29. The maximum atomic E-state index is 5.98. The highest BCUT2D eigenvalue weighted by molar-refractivity contribution is 5.37. The summed E-state index contributed by atoms with van der Waals surface area (Å²) in [4.78, 5) is 0. The lowest BCUT2D eigenvalue weighted by atomic mass is 9.87. The van der Waals surface area contributed by atoms with Crippen LogP contribution in [0.25, 0.3) is 0 Å². The van der Waals surface area contributed by atoms with Gasteiger partial charge in [0, 0.05) is 6.42 Å². The van der Waals surface area contributed by atoms with Crippen LogP contribution in [-0.4, -0.2) is 12.1 Å². The summed E-state index contributed by atoms with van der Waals surface area (Å²) >= 11 is 0. The fourth-order valence-electron chi connectivity index (χ4n) is 2.40. The standard InChI is InChI=1S/C15H24N2O/c1-15(2,3)9-8-12(17-16)14-10-11-6-4-5-7-13(11)18-14/h4-7,12,14,17H,8-10,16H2,1-3H3. The SMILES string of the molecule is CC(C)(C)CCC(NN)C1Cc2ccccc2O1. The summed E-state index contributed by atoms with van der Waals surface area (Å²) in [6, 6.07) is 8.46. The number of rotatable bonds is 4. The lowest BCUT2D eigenvalue weighted by molar-refractivity contribution is 0.161. The van der Waals surface area contributed by atoms with E-state index >= 15 is 0 Å². The van der Waals surface area contributed by atoms with Crippen LogP contribution in [0.15, 0.2) is 24.3 Å². The maximum Gasteiger partial charge on any atom is 0.123 e. The van der Waals surface area contributed by atoms with Crippen molar-refractivity contribution in [2.45, 2.75) is 52.2 Å². The van der Waals surface area contributed by atoms with Crippen LogP contribution in [0.2, 0.25) is 0 Å². The summed E-state index contributed by atoms with van der Waals surface area (Å²) in [5, 5.41) is 0. The van der Waals surface area contributed by atoms with Gasteiger partial charge in [0.1, 0.15) is 11.9 Å². The number of fused-ring (bicyclic) bond motifs is 1. The van der Waals surface area contributed by atoms with Crippen LogP contribution in [0.3, 0.4) is 0 Å². The van der Waals surface area contributed by atoms with Gasteiger partial charge in [0.15, 0.2) is 0 Å². The van der Waals surface area contributed by atoms with E-state index in [0.717, 1.165) is 25.0 Å². The molecule has 3 N–H and O–H groups in total. The Morgan fingerprint density at radius 1 is 1.39 bits per heavy atom. The molecule has 2 rings (SSSR count). The van der Waals surface area contributed by atoms with Crippen molar-refractivity contribution in [1.82, 2.24) is 5.43 Å². The minimum absolute atomic E-state index is 0.162. The summed E-state index contributed by atoms with van der Waals surface area (Å²) in [5.74, 6) is 6.70. The van der Waals surface area contributed by atoms with Crippen molar-refractivity contribution in [1.29, 1.82) is 0 Å². The molecule has 0 aliphatic carbocycles. The predicted octanol–water partition coefficient (Wildman–Crippen LogP) is 2.65. The molecule has 0 saturated carbocycles. The van der Waals surface area contributed by atoms with E-state index in [4.69, 9.17) is 10.6 Å². The smallest absolute Gasteiger partial charge is 0.123 e. The van der Waals surface area contributed by atoms with E-state index in [1.54, 1.807) is 0 Å². The van der Waals surface area contributed by atoms with Crippen LogP contribution in [0.4, 0.5) is 0 Å². The predicted molar refractivity (Wildman–Crippen MR) is 74.4 cm³/mol. The van der Waals surface area contributed by atoms with Gasteiger partial charge in [-0.15, -0.1) is 0 Å². The van der Waals surface area contributed by atoms with E-state index in [1.165, 1.54) is 5.56 Å². The number of ether oxygens (including phenoxy) is 1. The van der Waals surface area contributed by atoms with Gasteiger partial charge in [0.2, 0.25) is 0 Å². The Labute approximate surface area is 110 Å². The van der Waals surface area contributed by atoms with Crippen molar-refractivity contribution in [3.05, 3.63) is 29.8 Å². The second-order valence-corrected chi connectivity index (χ2v) is 6.34. The highest BCUT2D eigenvalue weighted by Crippen LogP contribution is 2.31. The molecule has 0 bridgehead atoms. The molecule has 1 heterocycles. The summed E-state index contributed by atoms with van der Waals surface area (Å²) < 4.78 is 5.98. The molecule has 0 radical (unpaired) electrons. The topological polar surface area (TPSA) is 47.3 Å². The van der Waals surface area contributed by atoms with Gasteiger partial charge >= 0.3 is 0 Å². The molecule has 0 saturated heterocycles. The van der Waals surface area contributed by atoms with Gasteiger partial charge in [0.25, 0.3) is 0 Å². The van der Waals surface area contributed by atoms with Gasteiger partial charge in [0.05, 0.1) is 6.04 Å². The lowest BCUT2D eigenvalue weighted by Gasteiger charge is -2.26. The summed E-state index contributed by atoms with van der Waals surface area (Å²) in [6.07, 6.45) is 3.29. The Bertz CT molecular complexity index is 373. The number of hydrogen-bond donors (Lipinski definition) is 2. The zero-order valence-corrected chi connectivity index (χ0v) is 11.6. The molecular formula is C15H24N2O. The van der Waals surface area contributed by atoms with E-state index in [0.29, 0.717) is 5.41 Å². The number of hydrazine groups is 1. The second-order valence-electron chi connectivity index (χ2n) is 6.34. The van der Waals surface area contributed by atoms with Crippen molar-refractivity contribution in [2.75, 3.05) is 0 Å². The number of hydrogen-bond acceptors (Lipinski definition) is 3.